The molecule has 2 aliphatic rings. The standard InChI is InChI=1S/C12H24BNO/c13-10-14-7-3-11-4-8-15-12(9-11)5-1-2-6-12/h11,14H,1-10,13H2. The molecule has 1 unspecified atom stereocenters. The van der Waals surface area contributed by atoms with E-state index < -0.39 is 0 Å². The molecule has 1 saturated carbocycles. The first-order valence-corrected chi connectivity index (χ1v) is 6.69. The molecule has 1 atom stereocenters. The molecule has 1 saturated heterocycles. The highest BCUT2D eigenvalue weighted by Crippen LogP contribution is 2.42. The van der Waals surface area contributed by atoms with Crippen molar-refractivity contribution >= 4 is 7.85 Å². The van der Waals surface area contributed by atoms with Crippen molar-refractivity contribution in [3.63, 3.8) is 0 Å². The maximum Gasteiger partial charge on any atom is 0.119 e. The maximum absolute atomic E-state index is 6.04. The number of hydrogen-bond acceptors (Lipinski definition) is 2. The van der Waals surface area contributed by atoms with Gasteiger partial charge >= 0.3 is 0 Å². The van der Waals surface area contributed by atoms with Crippen LogP contribution in [0, 0.1) is 5.92 Å². The molecule has 1 aliphatic carbocycles. The third-order valence-electron chi connectivity index (χ3n) is 4.09. The Bertz CT molecular complexity index is 192. The predicted octanol–water partition coefficient (Wildman–Crippen LogP) is 1.30. The summed E-state index contributed by atoms with van der Waals surface area (Å²) in [5.74, 6) is 0.913. The summed E-state index contributed by atoms with van der Waals surface area (Å²) in [5.41, 5.74) is 0.315. The van der Waals surface area contributed by atoms with E-state index in [9.17, 15) is 0 Å². The number of nitrogens with one attached hydrogen (secondary N) is 1. The SMILES string of the molecule is BCNCCC1CCOC2(CCCC2)C1. The van der Waals surface area contributed by atoms with Crippen LogP contribution in [0.15, 0.2) is 0 Å². The fourth-order valence-electron chi connectivity index (χ4n) is 3.23. The molecule has 0 aromatic carbocycles. The fraction of sp³-hybridized carbons (Fsp3) is 1.00. The largest absolute Gasteiger partial charge is 0.375 e. The van der Waals surface area contributed by atoms with Crippen molar-refractivity contribution in [1.29, 1.82) is 0 Å². The van der Waals surface area contributed by atoms with Crippen molar-refractivity contribution in [3.05, 3.63) is 0 Å². The molecule has 0 radical (unpaired) electrons. The van der Waals surface area contributed by atoms with Gasteiger partial charge in [0.25, 0.3) is 0 Å². The van der Waals surface area contributed by atoms with Crippen molar-refractivity contribution in [2.75, 3.05) is 19.6 Å². The molecule has 0 aromatic rings. The fourth-order valence-corrected chi connectivity index (χ4v) is 3.23. The van der Waals surface area contributed by atoms with Gasteiger partial charge in [-0.25, -0.2) is 0 Å². The summed E-state index contributed by atoms with van der Waals surface area (Å²) in [6.07, 6.45) is 10.5. The van der Waals surface area contributed by atoms with E-state index in [0.717, 1.165) is 19.0 Å². The van der Waals surface area contributed by atoms with Gasteiger partial charge in [-0.1, -0.05) is 12.8 Å². The summed E-state index contributed by atoms with van der Waals surface area (Å²) in [5, 5.41) is 3.43. The van der Waals surface area contributed by atoms with Crippen LogP contribution in [0.3, 0.4) is 0 Å². The highest BCUT2D eigenvalue weighted by molar-refractivity contribution is 6.08. The number of hydrogen-bond donors (Lipinski definition) is 1. The Hall–Kier alpha value is -0.0151. The average Bonchev–Trinajstić information content (AvgIpc) is 2.67. The summed E-state index contributed by atoms with van der Waals surface area (Å²) in [4.78, 5) is 0. The van der Waals surface area contributed by atoms with Crippen LogP contribution in [0.25, 0.3) is 0 Å². The van der Waals surface area contributed by atoms with Gasteiger partial charge in [-0.05, 0) is 51.0 Å². The van der Waals surface area contributed by atoms with Crippen molar-refractivity contribution in [1.82, 2.24) is 5.32 Å². The lowest BCUT2D eigenvalue weighted by molar-refractivity contribution is -0.0934. The molecule has 15 heavy (non-hydrogen) atoms. The van der Waals surface area contributed by atoms with Crippen LogP contribution in [-0.2, 0) is 4.74 Å². The summed E-state index contributed by atoms with van der Waals surface area (Å²) in [7, 11) is 2.18. The zero-order valence-electron chi connectivity index (χ0n) is 10.1. The van der Waals surface area contributed by atoms with Crippen LogP contribution in [-0.4, -0.2) is 33.0 Å². The molecule has 1 aliphatic heterocycles. The Morgan fingerprint density at radius 2 is 2.13 bits per heavy atom. The Labute approximate surface area is 94.6 Å². The zero-order chi connectivity index (χ0) is 10.6. The lowest BCUT2D eigenvalue weighted by Gasteiger charge is -2.38. The lowest BCUT2D eigenvalue weighted by Crippen LogP contribution is -2.38. The molecule has 0 aromatic heterocycles. The van der Waals surface area contributed by atoms with Gasteiger partial charge in [-0.2, -0.15) is 0 Å². The van der Waals surface area contributed by atoms with Crippen LogP contribution >= 0.6 is 0 Å². The summed E-state index contributed by atoms with van der Waals surface area (Å²) in [6.45, 7) is 2.20. The minimum Gasteiger partial charge on any atom is -0.375 e. The first kappa shape index (κ1) is 11.5. The molecule has 1 heterocycles. The van der Waals surface area contributed by atoms with Gasteiger partial charge in [-0.15, -0.1) is 0 Å². The van der Waals surface area contributed by atoms with Crippen LogP contribution in [0.4, 0.5) is 0 Å². The smallest absolute Gasteiger partial charge is 0.119 e. The van der Waals surface area contributed by atoms with E-state index in [1.807, 2.05) is 0 Å². The molecular weight excluding hydrogens is 185 g/mol. The van der Waals surface area contributed by atoms with Gasteiger partial charge in [0.05, 0.1) is 5.60 Å². The molecule has 2 fully saturated rings. The molecule has 86 valence electrons. The monoisotopic (exact) mass is 209 g/mol. The highest BCUT2D eigenvalue weighted by atomic mass is 16.5. The predicted molar refractivity (Wildman–Crippen MR) is 65.9 cm³/mol. The third-order valence-corrected chi connectivity index (χ3v) is 4.09. The Morgan fingerprint density at radius 1 is 1.33 bits per heavy atom. The van der Waals surface area contributed by atoms with Gasteiger partial charge in [0.15, 0.2) is 0 Å². The topological polar surface area (TPSA) is 21.3 Å². The van der Waals surface area contributed by atoms with E-state index in [0.29, 0.717) is 5.60 Å². The second kappa shape index (κ2) is 5.35. The Morgan fingerprint density at radius 3 is 2.87 bits per heavy atom. The second-order valence-electron chi connectivity index (χ2n) is 5.24. The van der Waals surface area contributed by atoms with Crippen LogP contribution < -0.4 is 5.32 Å². The first-order valence-electron chi connectivity index (χ1n) is 6.69. The molecule has 2 nitrogen and oxygen atoms in total. The van der Waals surface area contributed by atoms with Crippen LogP contribution in [0.2, 0.25) is 0 Å². The summed E-state index contributed by atoms with van der Waals surface area (Å²) >= 11 is 0. The number of ether oxygens (including phenoxy) is 1. The molecule has 2 rings (SSSR count). The molecule has 3 heteroatoms. The van der Waals surface area contributed by atoms with Gasteiger partial charge in [0, 0.05) is 6.61 Å². The quantitative estimate of drug-likeness (QED) is 0.556. The first-order chi connectivity index (χ1) is 7.35. The van der Waals surface area contributed by atoms with Crippen LogP contribution in [0.5, 0.6) is 0 Å². The Kier molecular flexibility index (Phi) is 4.09. The minimum atomic E-state index is 0.315. The lowest BCUT2D eigenvalue weighted by atomic mass is 9.83. The van der Waals surface area contributed by atoms with Crippen molar-refractivity contribution < 1.29 is 4.74 Å². The van der Waals surface area contributed by atoms with E-state index in [-0.39, 0.29) is 0 Å². The van der Waals surface area contributed by atoms with E-state index in [2.05, 4.69) is 13.2 Å². The van der Waals surface area contributed by atoms with Crippen molar-refractivity contribution in [2.24, 2.45) is 5.92 Å². The average molecular weight is 209 g/mol. The van der Waals surface area contributed by atoms with E-state index in [1.165, 1.54) is 51.5 Å². The highest BCUT2D eigenvalue weighted by Gasteiger charge is 2.39. The molecular formula is C12H24BNO. The Balaban J connectivity index is 1.76. The van der Waals surface area contributed by atoms with Gasteiger partial charge in [-0.3, -0.25) is 0 Å². The second-order valence-corrected chi connectivity index (χ2v) is 5.24. The zero-order valence-corrected chi connectivity index (χ0v) is 10.1. The van der Waals surface area contributed by atoms with E-state index in [1.54, 1.807) is 0 Å². The molecule has 1 spiro atoms. The minimum absolute atomic E-state index is 0.315. The van der Waals surface area contributed by atoms with Crippen molar-refractivity contribution in [3.8, 4) is 0 Å². The molecule has 0 bridgehead atoms. The summed E-state index contributed by atoms with van der Waals surface area (Å²) < 4.78 is 6.04. The third kappa shape index (κ3) is 2.98. The maximum atomic E-state index is 6.04. The van der Waals surface area contributed by atoms with Gasteiger partial charge in [0.2, 0.25) is 0 Å². The van der Waals surface area contributed by atoms with Gasteiger partial charge < -0.3 is 10.1 Å². The summed E-state index contributed by atoms with van der Waals surface area (Å²) in [6, 6.07) is 0. The van der Waals surface area contributed by atoms with Gasteiger partial charge in [0.1, 0.15) is 7.85 Å². The number of rotatable bonds is 4. The van der Waals surface area contributed by atoms with E-state index >= 15 is 0 Å². The van der Waals surface area contributed by atoms with Crippen molar-refractivity contribution in [2.45, 2.75) is 50.5 Å². The molecule has 0 amide bonds. The van der Waals surface area contributed by atoms with Crippen LogP contribution in [0.1, 0.15) is 44.9 Å². The molecule has 1 N–H and O–H groups in total. The normalized spacial score (nSPS) is 29.7. The van der Waals surface area contributed by atoms with E-state index in [4.69, 9.17) is 4.74 Å².